The summed E-state index contributed by atoms with van der Waals surface area (Å²) >= 11 is 0. The molecule has 0 radical (unpaired) electrons. The number of aryl methyl sites for hydroxylation is 4. The summed E-state index contributed by atoms with van der Waals surface area (Å²) < 4.78 is 0. The van der Waals surface area contributed by atoms with Crippen molar-refractivity contribution in [2.45, 2.75) is 47.2 Å². The molecule has 0 aliphatic heterocycles. The predicted molar refractivity (Wildman–Crippen MR) is 87.1 cm³/mol. The van der Waals surface area contributed by atoms with E-state index in [4.69, 9.17) is 0 Å². The van der Waals surface area contributed by atoms with Crippen molar-refractivity contribution < 1.29 is 0 Å². The fraction of sp³-hybridized carbons (Fsp3) is 0.368. The molecule has 0 aliphatic carbocycles. The molecule has 0 saturated heterocycles. The molecular formula is C19H25N. The van der Waals surface area contributed by atoms with Gasteiger partial charge < -0.3 is 5.32 Å². The van der Waals surface area contributed by atoms with Crippen LogP contribution in [0, 0.1) is 27.7 Å². The first-order valence-corrected chi connectivity index (χ1v) is 7.34. The van der Waals surface area contributed by atoms with Crippen LogP contribution < -0.4 is 5.32 Å². The highest BCUT2D eigenvalue weighted by Crippen LogP contribution is 2.18. The molecule has 0 aromatic heterocycles. The summed E-state index contributed by atoms with van der Waals surface area (Å²) in [7, 11) is 0. The molecule has 0 heterocycles. The third kappa shape index (κ3) is 3.49. The molecule has 1 heteroatoms. The van der Waals surface area contributed by atoms with Gasteiger partial charge in [-0.2, -0.15) is 0 Å². The predicted octanol–water partition coefficient (Wildman–Crippen LogP) is 4.77. The Bertz CT molecular complexity index is 581. The fourth-order valence-corrected chi connectivity index (χ4v) is 2.45. The lowest BCUT2D eigenvalue weighted by molar-refractivity contribution is 0.573. The van der Waals surface area contributed by atoms with Gasteiger partial charge in [-0.05, 0) is 62.4 Å². The maximum Gasteiger partial charge on any atom is 0.0294 e. The van der Waals surface area contributed by atoms with Gasteiger partial charge in [-0.15, -0.1) is 0 Å². The van der Waals surface area contributed by atoms with Gasteiger partial charge in [0.15, 0.2) is 0 Å². The van der Waals surface area contributed by atoms with Crippen molar-refractivity contribution >= 4 is 0 Å². The van der Waals surface area contributed by atoms with Crippen molar-refractivity contribution in [3.05, 3.63) is 69.8 Å². The molecule has 1 nitrogen and oxygen atoms in total. The third-order valence-corrected chi connectivity index (χ3v) is 4.13. The molecule has 2 aromatic carbocycles. The smallest absolute Gasteiger partial charge is 0.0294 e. The lowest BCUT2D eigenvalue weighted by atomic mass is 10.00. The number of hydrogen-bond donors (Lipinski definition) is 1. The van der Waals surface area contributed by atoms with E-state index in [1.165, 1.54) is 33.4 Å². The molecule has 20 heavy (non-hydrogen) atoms. The molecule has 1 atom stereocenters. The largest absolute Gasteiger partial charge is 0.306 e. The first-order valence-electron chi connectivity index (χ1n) is 7.34. The second kappa shape index (κ2) is 6.23. The molecule has 2 aromatic rings. The highest BCUT2D eigenvalue weighted by Gasteiger charge is 2.06. The van der Waals surface area contributed by atoms with Gasteiger partial charge in [-0.1, -0.05) is 42.0 Å². The van der Waals surface area contributed by atoms with E-state index in [1.807, 2.05) is 0 Å². The summed E-state index contributed by atoms with van der Waals surface area (Å²) in [5.74, 6) is 0. The van der Waals surface area contributed by atoms with Crippen molar-refractivity contribution in [2.24, 2.45) is 0 Å². The quantitative estimate of drug-likeness (QED) is 0.841. The van der Waals surface area contributed by atoms with Crippen molar-refractivity contribution in [1.29, 1.82) is 0 Å². The second-order valence-electron chi connectivity index (χ2n) is 5.88. The van der Waals surface area contributed by atoms with Crippen LogP contribution >= 0.6 is 0 Å². The number of nitrogens with one attached hydrogen (secondary N) is 1. The monoisotopic (exact) mass is 267 g/mol. The van der Waals surface area contributed by atoms with Gasteiger partial charge >= 0.3 is 0 Å². The fourth-order valence-electron chi connectivity index (χ4n) is 2.45. The van der Waals surface area contributed by atoms with Crippen LogP contribution in [0.1, 0.15) is 46.3 Å². The van der Waals surface area contributed by atoms with Gasteiger partial charge in [-0.25, -0.2) is 0 Å². The first-order chi connectivity index (χ1) is 9.47. The summed E-state index contributed by atoms with van der Waals surface area (Å²) in [6.07, 6.45) is 0. The standard InChI is InChI=1S/C19H25N/c1-13-6-8-18(9-7-13)17(5)20-12-19-11-15(3)14(2)10-16(19)4/h6-11,17,20H,12H2,1-5H3. The van der Waals surface area contributed by atoms with Crippen LogP contribution in [0.2, 0.25) is 0 Å². The average Bonchev–Trinajstić information content (AvgIpc) is 2.42. The Hall–Kier alpha value is -1.60. The normalized spacial score (nSPS) is 12.4. The summed E-state index contributed by atoms with van der Waals surface area (Å²) in [4.78, 5) is 0. The third-order valence-electron chi connectivity index (χ3n) is 4.13. The van der Waals surface area contributed by atoms with E-state index < -0.39 is 0 Å². The Labute approximate surface area is 123 Å². The maximum absolute atomic E-state index is 3.62. The Kier molecular flexibility index (Phi) is 4.61. The molecule has 0 aliphatic rings. The van der Waals surface area contributed by atoms with Crippen molar-refractivity contribution in [3.63, 3.8) is 0 Å². The Morgan fingerprint density at radius 1 is 0.850 bits per heavy atom. The summed E-state index contributed by atoms with van der Waals surface area (Å²) in [5, 5.41) is 3.62. The topological polar surface area (TPSA) is 12.0 Å². The molecule has 0 bridgehead atoms. The van der Waals surface area contributed by atoms with Gasteiger partial charge in [0.2, 0.25) is 0 Å². The lowest BCUT2D eigenvalue weighted by Crippen LogP contribution is -2.18. The van der Waals surface area contributed by atoms with Crippen LogP contribution in [0.3, 0.4) is 0 Å². The summed E-state index contributed by atoms with van der Waals surface area (Å²) in [6.45, 7) is 11.8. The minimum Gasteiger partial charge on any atom is -0.306 e. The highest BCUT2D eigenvalue weighted by molar-refractivity contribution is 5.36. The Morgan fingerprint density at radius 3 is 2.10 bits per heavy atom. The second-order valence-corrected chi connectivity index (χ2v) is 5.88. The van der Waals surface area contributed by atoms with Crippen LogP contribution in [0.15, 0.2) is 36.4 Å². The van der Waals surface area contributed by atoms with E-state index in [-0.39, 0.29) is 0 Å². The molecule has 1 unspecified atom stereocenters. The molecule has 0 amide bonds. The van der Waals surface area contributed by atoms with E-state index in [2.05, 4.69) is 76.3 Å². The molecule has 2 rings (SSSR count). The Balaban J connectivity index is 2.05. The number of hydrogen-bond acceptors (Lipinski definition) is 1. The van der Waals surface area contributed by atoms with Gasteiger partial charge in [0.05, 0.1) is 0 Å². The van der Waals surface area contributed by atoms with Crippen LogP contribution in [-0.4, -0.2) is 0 Å². The molecule has 0 spiro atoms. The SMILES string of the molecule is Cc1ccc(C(C)NCc2cc(C)c(C)cc2C)cc1. The molecule has 106 valence electrons. The summed E-state index contributed by atoms with van der Waals surface area (Å²) in [5.41, 5.74) is 8.17. The highest BCUT2D eigenvalue weighted by atomic mass is 14.9. The molecule has 1 N–H and O–H groups in total. The van der Waals surface area contributed by atoms with Crippen LogP contribution in [0.25, 0.3) is 0 Å². The van der Waals surface area contributed by atoms with Crippen molar-refractivity contribution in [2.75, 3.05) is 0 Å². The zero-order valence-electron chi connectivity index (χ0n) is 13.2. The average molecular weight is 267 g/mol. The van der Waals surface area contributed by atoms with Crippen LogP contribution in [-0.2, 0) is 6.54 Å². The van der Waals surface area contributed by atoms with Crippen LogP contribution in [0.5, 0.6) is 0 Å². The van der Waals surface area contributed by atoms with E-state index in [1.54, 1.807) is 0 Å². The van der Waals surface area contributed by atoms with Gasteiger partial charge in [0, 0.05) is 12.6 Å². The maximum atomic E-state index is 3.62. The minimum absolute atomic E-state index is 0.372. The Morgan fingerprint density at radius 2 is 1.45 bits per heavy atom. The summed E-state index contributed by atoms with van der Waals surface area (Å²) in [6, 6.07) is 13.7. The minimum atomic E-state index is 0.372. The van der Waals surface area contributed by atoms with E-state index in [0.29, 0.717) is 6.04 Å². The molecular weight excluding hydrogens is 242 g/mol. The van der Waals surface area contributed by atoms with E-state index in [9.17, 15) is 0 Å². The number of rotatable bonds is 4. The van der Waals surface area contributed by atoms with E-state index >= 15 is 0 Å². The van der Waals surface area contributed by atoms with E-state index in [0.717, 1.165) is 6.54 Å². The van der Waals surface area contributed by atoms with Crippen molar-refractivity contribution in [3.8, 4) is 0 Å². The number of benzene rings is 2. The van der Waals surface area contributed by atoms with Gasteiger partial charge in [0.25, 0.3) is 0 Å². The molecule has 0 fully saturated rings. The van der Waals surface area contributed by atoms with Gasteiger partial charge in [-0.3, -0.25) is 0 Å². The molecule has 0 saturated carbocycles. The first kappa shape index (κ1) is 14.8. The lowest BCUT2D eigenvalue weighted by Gasteiger charge is -2.16. The van der Waals surface area contributed by atoms with Gasteiger partial charge in [0.1, 0.15) is 0 Å². The zero-order chi connectivity index (χ0) is 14.7. The van der Waals surface area contributed by atoms with Crippen LogP contribution in [0.4, 0.5) is 0 Å². The zero-order valence-corrected chi connectivity index (χ0v) is 13.2. The van der Waals surface area contributed by atoms with Crippen molar-refractivity contribution in [1.82, 2.24) is 5.32 Å².